The summed E-state index contributed by atoms with van der Waals surface area (Å²) in [7, 11) is 0. The number of aromatic hydroxyl groups is 1. The number of hydrogen-bond acceptors (Lipinski definition) is 2. The van der Waals surface area contributed by atoms with Gasteiger partial charge in [-0.3, -0.25) is 4.79 Å². The molecule has 1 aromatic rings. The minimum atomic E-state index is -0.921. The van der Waals surface area contributed by atoms with Crippen LogP contribution in [0.4, 0.5) is 4.39 Å². The highest BCUT2D eigenvalue weighted by atomic mass is 19.1. The van der Waals surface area contributed by atoms with Crippen molar-refractivity contribution in [3.05, 3.63) is 29.1 Å². The number of carboxylic acid groups (broad SMARTS) is 1. The molecule has 3 nitrogen and oxygen atoms in total. The molecule has 0 heterocycles. The second kappa shape index (κ2) is 3.47. The first-order valence-corrected chi connectivity index (χ1v) is 5.20. The number of carbonyl (C=O) groups is 1. The largest absolute Gasteiger partial charge is 0.505 e. The molecular formula is C12H13FO3. The van der Waals surface area contributed by atoms with Crippen LogP contribution in [0.3, 0.4) is 0 Å². The summed E-state index contributed by atoms with van der Waals surface area (Å²) < 4.78 is 13.1. The monoisotopic (exact) mass is 224 g/mol. The smallest absolute Gasteiger partial charge is 0.314 e. The summed E-state index contributed by atoms with van der Waals surface area (Å²) in [5, 5.41) is 18.6. The van der Waals surface area contributed by atoms with Gasteiger partial charge in [0.1, 0.15) is 0 Å². The van der Waals surface area contributed by atoms with E-state index in [0.29, 0.717) is 24.0 Å². The molecule has 1 aliphatic rings. The maximum absolute atomic E-state index is 13.1. The van der Waals surface area contributed by atoms with Crippen LogP contribution < -0.4 is 0 Å². The van der Waals surface area contributed by atoms with Gasteiger partial charge in [0.15, 0.2) is 11.6 Å². The number of rotatable bonds is 2. The van der Waals surface area contributed by atoms with Crippen molar-refractivity contribution in [3.63, 3.8) is 0 Å². The Morgan fingerprint density at radius 2 is 2.06 bits per heavy atom. The number of carboxylic acids is 1. The molecule has 16 heavy (non-hydrogen) atoms. The van der Waals surface area contributed by atoms with E-state index < -0.39 is 23.0 Å². The van der Waals surface area contributed by atoms with Crippen LogP contribution in [-0.2, 0) is 10.2 Å². The Labute approximate surface area is 92.5 Å². The average molecular weight is 224 g/mol. The molecule has 2 N–H and O–H groups in total. The molecule has 0 aromatic heterocycles. The SMILES string of the molecule is Cc1cc(F)c(O)cc1C1(C(=O)O)CCC1. The van der Waals surface area contributed by atoms with E-state index in [1.165, 1.54) is 12.1 Å². The number of halogens is 1. The van der Waals surface area contributed by atoms with Gasteiger partial charge < -0.3 is 10.2 Å². The van der Waals surface area contributed by atoms with E-state index in [2.05, 4.69) is 0 Å². The standard InChI is InChI=1S/C12H13FO3/c1-7-5-9(13)10(14)6-8(7)12(11(15)16)3-2-4-12/h5-6,14H,2-4H2,1H3,(H,15,16). The number of phenolic OH excluding ortho intramolecular Hbond substituents is 1. The Kier molecular flexibility index (Phi) is 2.37. The van der Waals surface area contributed by atoms with Crippen molar-refractivity contribution in [2.75, 3.05) is 0 Å². The lowest BCUT2D eigenvalue weighted by Crippen LogP contribution is -2.42. The van der Waals surface area contributed by atoms with Gasteiger partial charge in [-0.2, -0.15) is 0 Å². The van der Waals surface area contributed by atoms with Crippen molar-refractivity contribution in [1.29, 1.82) is 0 Å². The maximum Gasteiger partial charge on any atom is 0.314 e. The molecule has 1 fully saturated rings. The van der Waals surface area contributed by atoms with Crippen LogP contribution in [0, 0.1) is 12.7 Å². The molecule has 0 bridgehead atoms. The van der Waals surface area contributed by atoms with Crippen LogP contribution >= 0.6 is 0 Å². The van der Waals surface area contributed by atoms with E-state index in [9.17, 15) is 19.4 Å². The first-order chi connectivity index (χ1) is 7.47. The van der Waals surface area contributed by atoms with Crippen molar-refractivity contribution in [3.8, 4) is 5.75 Å². The van der Waals surface area contributed by atoms with Crippen molar-refractivity contribution < 1.29 is 19.4 Å². The Balaban J connectivity index is 2.55. The molecule has 2 rings (SSSR count). The van der Waals surface area contributed by atoms with Crippen LogP contribution in [0.15, 0.2) is 12.1 Å². The maximum atomic E-state index is 13.1. The van der Waals surface area contributed by atoms with E-state index in [1.54, 1.807) is 6.92 Å². The van der Waals surface area contributed by atoms with E-state index in [0.717, 1.165) is 6.42 Å². The summed E-state index contributed by atoms with van der Waals surface area (Å²) in [4.78, 5) is 11.3. The molecule has 4 heteroatoms. The third kappa shape index (κ3) is 1.37. The summed E-state index contributed by atoms with van der Waals surface area (Å²) in [6.45, 7) is 1.67. The summed E-state index contributed by atoms with van der Waals surface area (Å²) >= 11 is 0. The third-order valence-electron chi connectivity index (χ3n) is 3.43. The Morgan fingerprint density at radius 3 is 2.50 bits per heavy atom. The van der Waals surface area contributed by atoms with Crippen molar-refractivity contribution in [2.24, 2.45) is 0 Å². The molecule has 0 amide bonds. The van der Waals surface area contributed by atoms with Gasteiger partial charge in [0.2, 0.25) is 0 Å². The number of benzene rings is 1. The number of hydrogen-bond donors (Lipinski definition) is 2. The van der Waals surface area contributed by atoms with E-state index in [1.807, 2.05) is 0 Å². The summed E-state index contributed by atoms with van der Waals surface area (Å²) in [6.07, 6.45) is 1.95. The molecule has 86 valence electrons. The molecule has 0 radical (unpaired) electrons. The summed E-state index contributed by atoms with van der Waals surface area (Å²) in [5.41, 5.74) is 0.192. The zero-order valence-electron chi connectivity index (χ0n) is 8.96. The van der Waals surface area contributed by atoms with Crippen molar-refractivity contribution in [2.45, 2.75) is 31.6 Å². The first-order valence-electron chi connectivity index (χ1n) is 5.20. The molecule has 1 aliphatic carbocycles. The van der Waals surface area contributed by atoms with Gasteiger partial charge >= 0.3 is 5.97 Å². The molecule has 1 aromatic carbocycles. The first kappa shape index (κ1) is 10.9. The highest BCUT2D eigenvalue weighted by Crippen LogP contribution is 2.46. The summed E-state index contributed by atoms with van der Waals surface area (Å²) in [6, 6.07) is 2.44. The molecule has 0 aliphatic heterocycles. The highest BCUT2D eigenvalue weighted by Gasteiger charge is 2.47. The van der Waals surface area contributed by atoms with E-state index in [4.69, 9.17) is 0 Å². The zero-order valence-corrected chi connectivity index (χ0v) is 8.96. The van der Waals surface area contributed by atoms with Gasteiger partial charge in [-0.15, -0.1) is 0 Å². The van der Waals surface area contributed by atoms with Gasteiger partial charge in [-0.05, 0) is 43.0 Å². The zero-order chi connectivity index (χ0) is 11.9. The molecule has 0 saturated heterocycles. The molecular weight excluding hydrogens is 211 g/mol. The Hall–Kier alpha value is -1.58. The Bertz CT molecular complexity index is 450. The van der Waals surface area contributed by atoms with Crippen LogP contribution in [0.5, 0.6) is 5.75 Å². The molecule has 1 saturated carbocycles. The fourth-order valence-corrected chi connectivity index (χ4v) is 2.31. The minimum Gasteiger partial charge on any atom is -0.505 e. The predicted octanol–water partition coefficient (Wildman–Crippen LogP) is 2.35. The number of phenols is 1. The quantitative estimate of drug-likeness (QED) is 0.810. The fraction of sp³-hybridized carbons (Fsp3) is 0.417. The normalized spacial score (nSPS) is 17.9. The second-order valence-corrected chi connectivity index (χ2v) is 4.36. The van der Waals surface area contributed by atoms with E-state index >= 15 is 0 Å². The number of aliphatic carboxylic acids is 1. The van der Waals surface area contributed by atoms with Crippen LogP contribution in [-0.4, -0.2) is 16.2 Å². The minimum absolute atomic E-state index is 0.479. The van der Waals surface area contributed by atoms with Gasteiger partial charge in [0.05, 0.1) is 5.41 Å². The van der Waals surface area contributed by atoms with Gasteiger partial charge in [-0.25, -0.2) is 4.39 Å². The average Bonchev–Trinajstić information content (AvgIpc) is 2.11. The fourth-order valence-electron chi connectivity index (χ4n) is 2.31. The molecule has 0 spiro atoms. The second-order valence-electron chi connectivity index (χ2n) is 4.36. The van der Waals surface area contributed by atoms with E-state index in [-0.39, 0.29) is 0 Å². The lowest BCUT2D eigenvalue weighted by molar-refractivity contribution is -0.147. The summed E-state index contributed by atoms with van der Waals surface area (Å²) in [5.74, 6) is -2.08. The van der Waals surface area contributed by atoms with Crippen LogP contribution in [0.1, 0.15) is 30.4 Å². The lowest BCUT2D eigenvalue weighted by atomic mass is 9.63. The van der Waals surface area contributed by atoms with Crippen LogP contribution in [0.2, 0.25) is 0 Å². The highest BCUT2D eigenvalue weighted by molar-refractivity contribution is 5.83. The Morgan fingerprint density at radius 1 is 1.44 bits per heavy atom. The van der Waals surface area contributed by atoms with Crippen LogP contribution in [0.25, 0.3) is 0 Å². The van der Waals surface area contributed by atoms with Crippen molar-refractivity contribution in [1.82, 2.24) is 0 Å². The topological polar surface area (TPSA) is 57.5 Å². The lowest BCUT2D eigenvalue weighted by Gasteiger charge is -2.39. The predicted molar refractivity (Wildman–Crippen MR) is 56.0 cm³/mol. The van der Waals surface area contributed by atoms with Gasteiger partial charge in [0, 0.05) is 0 Å². The molecule has 0 unspecified atom stereocenters. The van der Waals surface area contributed by atoms with Gasteiger partial charge in [-0.1, -0.05) is 6.42 Å². The number of aryl methyl sites for hydroxylation is 1. The molecule has 0 atom stereocenters. The third-order valence-corrected chi connectivity index (χ3v) is 3.43. The van der Waals surface area contributed by atoms with Crippen molar-refractivity contribution >= 4 is 5.97 Å². The van der Waals surface area contributed by atoms with Gasteiger partial charge in [0.25, 0.3) is 0 Å².